The number of nitrogens with one attached hydrogen (secondary N) is 2. The summed E-state index contributed by atoms with van der Waals surface area (Å²) in [5.41, 5.74) is 1.06. The van der Waals surface area contributed by atoms with Gasteiger partial charge in [-0.3, -0.25) is 23.7 Å². The molecule has 190 valence electrons. The first-order chi connectivity index (χ1) is 17.4. The zero-order chi connectivity index (χ0) is 27.1. The van der Waals surface area contributed by atoms with Gasteiger partial charge in [-0.1, -0.05) is 31.4 Å². The van der Waals surface area contributed by atoms with Gasteiger partial charge in [0.15, 0.2) is 6.61 Å². The van der Waals surface area contributed by atoms with Crippen LogP contribution in [0, 0.1) is 0 Å². The van der Waals surface area contributed by atoms with Crippen LogP contribution in [0.1, 0.15) is 20.8 Å². The zero-order valence-electron chi connectivity index (χ0n) is 21.0. The highest BCUT2D eigenvalue weighted by Crippen LogP contribution is 2.34. The summed E-state index contributed by atoms with van der Waals surface area (Å²) in [5, 5.41) is 5.43. The standard InChI is InChI=1S/C27H27N5O5/c1-15(25(35)31(6)27(3,4)5)29-24(34)16(2)32-14-28-23-18(8-7-9-19(23)26(32)36)17-10-11-20-21(12-17)37-13-22(33)30-20/h7-12,14H,1-2,13H2,3-6H3,(H,29,34)(H,30,33). The summed E-state index contributed by atoms with van der Waals surface area (Å²) >= 11 is 0. The van der Waals surface area contributed by atoms with Crippen molar-refractivity contribution in [2.24, 2.45) is 0 Å². The van der Waals surface area contributed by atoms with Gasteiger partial charge in [-0.25, -0.2) is 4.98 Å². The summed E-state index contributed by atoms with van der Waals surface area (Å²) in [4.78, 5) is 56.1. The van der Waals surface area contributed by atoms with E-state index in [1.807, 2.05) is 26.8 Å². The smallest absolute Gasteiger partial charge is 0.272 e. The molecule has 0 atom stereocenters. The van der Waals surface area contributed by atoms with Crippen molar-refractivity contribution in [2.75, 3.05) is 19.0 Å². The average molecular weight is 502 g/mol. The fourth-order valence-electron chi connectivity index (χ4n) is 3.70. The number of amides is 3. The molecule has 1 aliphatic heterocycles. The predicted octanol–water partition coefficient (Wildman–Crippen LogP) is 2.75. The van der Waals surface area contributed by atoms with Crippen LogP contribution in [0.15, 0.2) is 66.4 Å². The lowest BCUT2D eigenvalue weighted by Gasteiger charge is -2.32. The highest BCUT2D eigenvalue weighted by atomic mass is 16.5. The van der Waals surface area contributed by atoms with E-state index in [-0.39, 0.29) is 29.3 Å². The molecular weight excluding hydrogens is 474 g/mol. The molecule has 0 radical (unpaired) electrons. The molecular formula is C27H27N5O5. The highest BCUT2D eigenvalue weighted by Gasteiger charge is 2.26. The number of carbonyl (C=O) groups is 3. The normalized spacial score (nSPS) is 12.7. The van der Waals surface area contributed by atoms with E-state index in [0.717, 1.165) is 10.1 Å². The van der Waals surface area contributed by atoms with Crippen molar-refractivity contribution < 1.29 is 19.1 Å². The van der Waals surface area contributed by atoms with Crippen molar-refractivity contribution >= 4 is 40.0 Å². The monoisotopic (exact) mass is 501 g/mol. The van der Waals surface area contributed by atoms with Crippen LogP contribution in [0.3, 0.4) is 0 Å². The Bertz CT molecular complexity index is 1550. The number of nitrogens with zero attached hydrogens (tertiary/aromatic N) is 3. The Kier molecular flexibility index (Phi) is 6.43. The number of ether oxygens (including phenoxy) is 1. The van der Waals surface area contributed by atoms with Crippen molar-refractivity contribution in [1.29, 1.82) is 0 Å². The number of benzene rings is 2. The number of hydrogen-bond donors (Lipinski definition) is 2. The molecule has 1 aliphatic rings. The number of rotatable bonds is 5. The van der Waals surface area contributed by atoms with Crippen LogP contribution in [0.25, 0.3) is 27.7 Å². The summed E-state index contributed by atoms with van der Waals surface area (Å²) in [6, 6.07) is 10.4. The van der Waals surface area contributed by atoms with Crippen LogP contribution in [-0.2, 0) is 14.4 Å². The lowest BCUT2D eigenvalue weighted by Crippen LogP contribution is -2.46. The highest BCUT2D eigenvalue weighted by molar-refractivity contribution is 6.15. The first-order valence-electron chi connectivity index (χ1n) is 11.4. The van der Waals surface area contributed by atoms with Crippen molar-refractivity contribution in [3.8, 4) is 16.9 Å². The second-order valence-corrected chi connectivity index (χ2v) is 9.58. The Labute approximate surface area is 213 Å². The van der Waals surface area contributed by atoms with E-state index < -0.39 is 22.9 Å². The van der Waals surface area contributed by atoms with Gasteiger partial charge in [0.25, 0.3) is 23.3 Å². The second-order valence-electron chi connectivity index (χ2n) is 9.58. The Morgan fingerprint density at radius 1 is 1.16 bits per heavy atom. The molecule has 2 N–H and O–H groups in total. The van der Waals surface area contributed by atoms with Gasteiger partial charge in [0.05, 0.1) is 22.3 Å². The molecule has 0 saturated heterocycles. The molecule has 0 bridgehead atoms. The molecule has 3 amide bonds. The number of para-hydroxylation sites is 1. The van der Waals surface area contributed by atoms with Crippen molar-refractivity contribution in [1.82, 2.24) is 19.8 Å². The van der Waals surface area contributed by atoms with Crippen LogP contribution < -0.4 is 20.9 Å². The van der Waals surface area contributed by atoms with E-state index >= 15 is 0 Å². The van der Waals surface area contributed by atoms with Gasteiger partial charge in [0.2, 0.25) is 0 Å². The summed E-state index contributed by atoms with van der Waals surface area (Å²) < 4.78 is 6.53. The quantitative estimate of drug-likeness (QED) is 0.519. The molecule has 10 nitrogen and oxygen atoms in total. The van der Waals surface area contributed by atoms with Gasteiger partial charge in [0, 0.05) is 18.2 Å². The Morgan fingerprint density at radius 2 is 1.89 bits per heavy atom. The average Bonchev–Trinajstić information content (AvgIpc) is 2.86. The number of hydrogen-bond acceptors (Lipinski definition) is 6. The third-order valence-electron chi connectivity index (χ3n) is 6.10. The summed E-state index contributed by atoms with van der Waals surface area (Å²) in [7, 11) is 1.61. The number of aromatic nitrogens is 2. The second kappa shape index (κ2) is 9.38. The number of fused-ring (bicyclic) bond motifs is 2. The Morgan fingerprint density at radius 3 is 2.59 bits per heavy atom. The van der Waals surface area contributed by atoms with Crippen LogP contribution in [0.4, 0.5) is 5.69 Å². The predicted molar refractivity (Wildman–Crippen MR) is 141 cm³/mol. The number of anilines is 1. The molecule has 0 spiro atoms. The topological polar surface area (TPSA) is 123 Å². The largest absolute Gasteiger partial charge is 0.482 e. The van der Waals surface area contributed by atoms with Gasteiger partial charge in [0.1, 0.15) is 17.8 Å². The minimum absolute atomic E-state index is 0.0797. The van der Waals surface area contributed by atoms with E-state index in [2.05, 4.69) is 28.8 Å². The fraction of sp³-hybridized carbons (Fsp3) is 0.222. The van der Waals surface area contributed by atoms with E-state index in [1.54, 1.807) is 37.4 Å². The van der Waals surface area contributed by atoms with Crippen LogP contribution >= 0.6 is 0 Å². The van der Waals surface area contributed by atoms with Gasteiger partial charge < -0.3 is 20.3 Å². The van der Waals surface area contributed by atoms with E-state index in [1.165, 1.54) is 11.2 Å². The number of likely N-dealkylation sites (N-methyl/N-ethyl adjacent to an activating group) is 1. The van der Waals surface area contributed by atoms with E-state index in [0.29, 0.717) is 22.5 Å². The maximum Gasteiger partial charge on any atom is 0.272 e. The third kappa shape index (κ3) is 4.86. The molecule has 2 aromatic carbocycles. The molecule has 10 heteroatoms. The minimum atomic E-state index is -0.756. The van der Waals surface area contributed by atoms with Gasteiger partial charge in [-0.05, 0) is 44.5 Å². The van der Waals surface area contributed by atoms with E-state index in [9.17, 15) is 19.2 Å². The zero-order valence-corrected chi connectivity index (χ0v) is 21.0. The van der Waals surface area contributed by atoms with Crippen LogP contribution in [-0.4, -0.2) is 51.4 Å². The molecule has 3 aromatic rings. The molecule has 0 aliphatic carbocycles. The lowest BCUT2D eigenvalue weighted by atomic mass is 10.0. The molecule has 2 heterocycles. The summed E-state index contributed by atoms with van der Waals surface area (Å²) in [6.45, 7) is 12.9. The maximum absolute atomic E-state index is 13.3. The molecule has 37 heavy (non-hydrogen) atoms. The minimum Gasteiger partial charge on any atom is -0.482 e. The molecule has 0 saturated carbocycles. The van der Waals surface area contributed by atoms with Gasteiger partial charge >= 0.3 is 0 Å². The Hall–Kier alpha value is -4.73. The van der Waals surface area contributed by atoms with Crippen molar-refractivity contribution in [2.45, 2.75) is 26.3 Å². The van der Waals surface area contributed by atoms with Crippen LogP contribution in [0.2, 0.25) is 0 Å². The van der Waals surface area contributed by atoms with E-state index in [4.69, 9.17) is 4.74 Å². The fourth-order valence-corrected chi connectivity index (χ4v) is 3.70. The first-order valence-corrected chi connectivity index (χ1v) is 11.4. The summed E-state index contributed by atoms with van der Waals surface area (Å²) in [6.07, 6.45) is 1.22. The van der Waals surface area contributed by atoms with Gasteiger partial charge in [-0.15, -0.1) is 0 Å². The Balaban J connectivity index is 1.62. The SMILES string of the molecule is C=C(NC(=O)C(=C)n1cnc2c(-c3ccc4c(c3)OCC(=O)N4)cccc2c1=O)C(=O)N(C)C(C)(C)C. The number of carbonyl (C=O) groups excluding carboxylic acids is 3. The van der Waals surface area contributed by atoms with Crippen molar-refractivity contribution in [3.05, 3.63) is 71.9 Å². The summed E-state index contributed by atoms with van der Waals surface area (Å²) in [5.74, 6) is -0.935. The third-order valence-corrected chi connectivity index (χ3v) is 6.10. The molecule has 0 fully saturated rings. The van der Waals surface area contributed by atoms with Gasteiger partial charge in [-0.2, -0.15) is 0 Å². The molecule has 0 unspecified atom stereocenters. The van der Waals surface area contributed by atoms with Crippen molar-refractivity contribution in [3.63, 3.8) is 0 Å². The molecule has 1 aromatic heterocycles. The maximum atomic E-state index is 13.3. The first kappa shape index (κ1) is 25.4. The van der Waals surface area contributed by atoms with Crippen LogP contribution in [0.5, 0.6) is 5.75 Å². The molecule has 4 rings (SSSR count). The lowest BCUT2D eigenvalue weighted by molar-refractivity contribution is -0.131.